The molecule has 0 amide bonds. The number of rotatable bonds is 2. The summed E-state index contributed by atoms with van der Waals surface area (Å²) >= 11 is 0. The van der Waals surface area contributed by atoms with Crippen LogP contribution in [0.3, 0.4) is 0 Å². The molecular formula is C11H20O. The van der Waals surface area contributed by atoms with Gasteiger partial charge in [-0.15, -0.1) is 0 Å². The number of hydrogen-bond donors (Lipinski definition) is 1. The van der Waals surface area contributed by atoms with Gasteiger partial charge < -0.3 is 5.11 Å². The van der Waals surface area contributed by atoms with E-state index in [1.165, 1.54) is 25.7 Å². The van der Waals surface area contributed by atoms with Gasteiger partial charge in [0.05, 0.1) is 5.60 Å². The molecule has 1 N–H and O–H groups in total. The van der Waals surface area contributed by atoms with E-state index < -0.39 is 0 Å². The highest BCUT2D eigenvalue weighted by Gasteiger charge is 2.65. The smallest absolute Gasteiger partial charge is 0.0736 e. The van der Waals surface area contributed by atoms with Gasteiger partial charge in [0.15, 0.2) is 0 Å². The maximum Gasteiger partial charge on any atom is 0.0736 e. The van der Waals surface area contributed by atoms with Gasteiger partial charge in [-0.2, -0.15) is 0 Å². The van der Waals surface area contributed by atoms with Crippen LogP contribution in [0.1, 0.15) is 46.0 Å². The number of fused-ring (bicyclic) bond motifs is 1. The van der Waals surface area contributed by atoms with E-state index in [9.17, 15) is 5.11 Å². The zero-order valence-electron chi connectivity index (χ0n) is 8.21. The second-order valence-electron chi connectivity index (χ2n) is 4.69. The molecule has 2 aliphatic rings. The average Bonchev–Trinajstić information content (AvgIpc) is 2.74. The topological polar surface area (TPSA) is 20.2 Å². The van der Waals surface area contributed by atoms with E-state index in [0.29, 0.717) is 17.8 Å². The summed E-state index contributed by atoms with van der Waals surface area (Å²) in [5, 5.41) is 10.4. The lowest BCUT2D eigenvalue weighted by Gasteiger charge is -2.17. The van der Waals surface area contributed by atoms with Gasteiger partial charge in [-0.3, -0.25) is 0 Å². The fourth-order valence-electron chi connectivity index (χ4n) is 3.20. The molecule has 2 saturated carbocycles. The minimum Gasteiger partial charge on any atom is -0.389 e. The highest BCUT2D eigenvalue weighted by Crippen LogP contribution is 2.62. The predicted molar refractivity (Wildman–Crippen MR) is 49.9 cm³/mol. The molecule has 0 heterocycles. The van der Waals surface area contributed by atoms with Crippen molar-refractivity contribution in [3.63, 3.8) is 0 Å². The minimum atomic E-state index is -0.245. The van der Waals surface area contributed by atoms with Crippen molar-refractivity contribution in [1.82, 2.24) is 0 Å². The molecule has 2 rings (SSSR count). The Labute approximate surface area is 75.2 Å². The summed E-state index contributed by atoms with van der Waals surface area (Å²) in [5.41, 5.74) is -0.245. The monoisotopic (exact) mass is 168 g/mol. The Hall–Kier alpha value is -0.0400. The van der Waals surface area contributed by atoms with Crippen molar-refractivity contribution in [2.24, 2.45) is 17.8 Å². The summed E-state index contributed by atoms with van der Waals surface area (Å²) in [6.07, 6.45) is 6.39. The molecule has 0 aromatic heterocycles. The number of hydrogen-bond acceptors (Lipinski definition) is 1. The maximum absolute atomic E-state index is 10.4. The molecule has 2 fully saturated rings. The molecular weight excluding hydrogens is 148 g/mol. The Morgan fingerprint density at radius 3 is 2.25 bits per heavy atom. The Morgan fingerprint density at radius 2 is 1.83 bits per heavy atom. The third-order valence-electron chi connectivity index (χ3n) is 4.25. The van der Waals surface area contributed by atoms with Crippen molar-refractivity contribution < 1.29 is 5.11 Å². The fourth-order valence-corrected chi connectivity index (χ4v) is 3.20. The van der Waals surface area contributed by atoms with Crippen LogP contribution in [0.2, 0.25) is 0 Å². The Bertz CT molecular complexity index is 164. The molecule has 12 heavy (non-hydrogen) atoms. The van der Waals surface area contributed by atoms with Crippen molar-refractivity contribution in [2.45, 2.75) is 51.6 Å². The molecule has 2 aliphatic carbocycles. The standard InChI is InChI=1S/C11H20O/c1-3-8(2)11(12)9-6-4-5-7-10(9)11/h8-10,12H,3-7H2,1-2H3. The van der Waals surface area contributed by atoms with Crippen molar-refractivity contribution in [3.05, 3.63) is 0 Å². The van der Waals surface area contributed by atoms with Crippen LogP contribution in [0.5, 0.6) is 0 Å². The Morgan fingerprint density at radius 1 is 1.33 bits per heavy atom. The van der Waals surface area contributed by atoms with Gasteiger partial charge >= 0.3 is 0 Å². The van der Waals surface area contributed by atoms with Crippen LogP contribution >= 0.6 is 0 Å². The quantitative estimate of drug-likeness (QED) is 0.672. The molecule has 0 bridgehead atoms. The van der Waals surface area contributed by atoms with Gasteiger partial charge in [0, 0.05) is 0 Å². The van der Waals surface area contributed by atoms with Crippen molar-refractivity contribution in [1.29, 1.82) is 0 Å². The molecule has 3 unspecified atom stereocenters. The third kappa shape index (κ3) is 0.953. The van der Waals surface area contributed by atoms with E-state index in [1.54, 1.807) is 0 Å². The largest absolute Gasteiger partial charge is 0.389 e. The van der Waals surface area contributed by atoms with Gasteiger partial charge in [0.1, 0.15) is 0 Å². The second kappa shape index (κ2) is 2.73. The zero-order valence-corrected chi connectivity index (χ0v) is 8.21. The summed E-state index contributed by atoms with van der Waals surface area (Å²) in [6.45, 7) is 4.39. The minimum absolute atomic E-state index is 0.245. The molecule has 70 valence electrons. The first-order valence-corrected chi connectivity index (χ1v) is 5.43. The highest BCUT2D eigenvalue weighted by molar-refractivity contribution is 5.15. The van der Waals surface area contributed by atoms with Crippen LogP contribution in [0.15, 0.2) is 0 Å². The molecule has 1 heteroatoms. The lowest BCUT2D eigenvalue weighted by Crippen LogP contribution is -2.22. The third-order valence-corrected chi connectivity index (χ3v) is 4.25. The van der Waals surface area contributed by atoms with Crippen molar-refractivity contribution in [2.75, 3.05) is 0 Å². The van der Waals surface area contributed by atoms with Crippen LogP contribution in [0.25, 0.3) is 0 Å². The van der Waals surface area contributed by atoms with Crippen molar-refractivity contribution in [3.8, 4) is 0 Å². The molecule has 0 saturated heterocycles. The van der Waals surface area contributed by atoms with E-state index in [2.05, 4.69) is 13.8 Å². The van der Waals surface area contributed by atoms with Gasteiger partial charge in [-0.25, -0.2) is 0 Å². The van der Waals surface area contributed by atoms with Crippen LogP contribution in [-0.2, 0) is 0 Å². The molecule has 1 nitrogen and oxygen atoms in total. The van der Waals surface area contributed by atoms with Gasteiger partial charge in [0.25, 0.3) is 0 Å². The predicted octanol–water partition coefficient (Wildman–Crippen LogP) is 2.58. The lowest BCUT2D eigenvalue weighted by molar-refractivity contribution is 0.0595. The summed E-state index contributed by atoms with van der Waals surface area (Å²) in [7, 11) is 0. The molecule has 0 aliphatic heterocycles. The van der Waals surface area contributed by atoms with Crippen LogP contribution < -0.4 is 0 Å². The van der Waals surface area contributed by atoms with Gasteiger partial charge in [-0.1, -0.05) is 33.1 Å². The fraction of sp³-hybridized carbons (Fsp3) is 1.00. The molecule has 0 radical (unpaired) electrons. The second-order valence-corrected chi connectivity index (χ2v) is 4.69. The van der Waals surface area contributed by atoms with E-state index in [-0.39, 0.29) is 5.60 Å². The average molecular weight is 168 g/mol. The van der Waals surface area contributed by atoms with Crippen molar-refractivity contribution >= 4 is 0 Å². The van der Waals surface area contributed by atoms with Gasteiger partial charge in [0.2, 0.25) is 0 Å². The SMILES string of the molecule is CCC(C)C1(O)C2CCCCC21. The van der Waals surface area contributed by atoms with E-state index in [0.717, 1.165) is 6.42 Å². The normalized spacial score (nSPS) is 48.2. The summed E-state index contributed by atoms with van der Waals surface area (Å²) in [6, 6.07) is 0. The highest BCUT2D eigenvalue weighted by atomic mass is 16.3. The van der Waals surface area contributed by atoms with E-state index in [4.69, 9.17) is 0 Å². The first-order valence-electron chi connectivity index (χ1n) is 5.43. The van der Waals surface area contributed by atoms with E-state index in [1.807, 2.05) is 0 Å². The summed E-state index contributed by atoms with van der Waals surface area (Å²) < 4.78 is 0. The van der Waals surface area contributed by atoms with Crippen LogP contribution in [0, 0.1) is 17.8 Å². The van der Waals surface area contributed by atoms with Gasteiger partial charge in [-0.05, 0) is 30.6 Å². The lowest BCUT2D eigenvalue weighted by atomic mass is 9.96. The number of aliphatic hydroxyl groups is 1. The van der Waals surface area contributed by atoms with Crippen LogP contribution in [0.4, 0.5) is 0 Å². The van der Waals surface area contributed by atoms with E-state index >= 15 is 0 Å². The summed E-state index contributed by atoms with van der Waals surface area (Å²) in [4.78, 5) is 0. The molecule has 0 spiro atoms. The Balaban J connectivity index is 2.05. The maximum atomic E-state index is 10.4. The first-order chi connectivity index (χ1) is 5.71. The van der Waals surface area contributed by atoms with Crippen LogP contribution in [-0.4, -0.2) is 10.7 Å². The molecule has 0 aromatic carbocycles. The summed E-state index contributed by atoms with van der Waals surface area (Å²) in [5.74, 6) is 1.85. The Kier molecular flexibility index (Phi) is 1.95. The molecule has 0 aromatic rings. The zero-order chi connectivity index (χ0) is 8.77. The molecule has 3 atom stereocenters. The first kappa shape index (κ1) is 8.55.